The van der Waals surface area contributed by atoms with Crippen LogP contribution in [0.25, 0.3) is 0 Å². The summed E-state index contributed by atoms with van der Waals surface area (Å²) in [6.45, 7) is 4.65. The monoisotopic (exact) mass is 345 g/mol. The third-order valence-corrected chi connectivity index (χ3v) is 3.57. The molecule has 1 N–H and O–H groups in total. The number of carboxylic acids is 1. The van der Waals surface area contributed by atoms with Gasteiger partial charge in [-0.2, -0.15) is 13.2 Å². The van der Waals surface area contributed by atoms with Gasteiger partial charge in [0.15, 0.2) is 0 Å². The third kappa shape index (κ3) is 3.63. The van der Waals surface area contributed by atoms with Gasteiger partial charge in [0.05, 0.1) is 17.2 Å². The maximum Gasteiger partial charge on any atom is 0.418 e. The van der Waals surface area contributed by atoms with Crippen molar-refractivity contribution in [2.24, 2.45) is 0 Å². The van der Waals surface area contributed by atoms with Gasteiger partial charge in [0, 0.05) is 6.54 Å². The summed E-state index contributed by atoms with van der Waals surface area (Å²) in [5.41, 5.74) is -2.39. The quantitative estimate of drug-likeness (QED) is 0.835. The van der Waals surface area contributed by atoms with Gasteiger partial charge in [0.1, 0.15) is 5.60 Å². The number of rotatable bonds is 1. The van der Waals surface area contributed by atoms with Crippen LogP contribution in [0.15, 0.2) is 18.2 Å². The summed E-state index contributed by atoms with van der Waals surface area (Å²) >= 11 is 0. The number of carboxylic acid groups (broad SMARTS) is 1. The molecule has 0 aromatic heterocycles. The van der Waals surface area contributed by atoms with Gasteiger partial charge in [-0.3, -0.25) is 9.69 Å². The van der Waals surface area contributed by atoms with Crippen LogP contribution in [0.1, 0.15) is 44.2 Å². The highest BCUT2D eigenvalue weighted by Crippen LogP contribution is 2.44. The number of para-hydroxylation sites is 1. The number of hydrogen-bond acceptors (Lipinski definition) is 3. The Morgan fingerprint density at radius 2 is 1.88 bits per heavy atom. The van der Waals surface area contributed by atoms with Crippen LogP contribution < -0.4 is 4.90 Å². The summed E-state index contributed by atoms with van der Waals surface area (Å²) in [4.78, 5) is 24.6. The minimum atomic E-state index is -4.72. The van der Waals surface area contributed by atoms with Crippen LogP contribution in [0.4, 0.5) is 23.7 Å². The molecule has 24 heavy (non-hydrogen) atoms. The molecule has 8 heteroatoms. The van der Waals surface area contributed by atoms with E-state index in [1.807, 2.05) is 0 Å². The molecule has 0 saturated carbocycles. The van der Waals surface area contributed by atoms with Crippen molar-refractivity contribution in [3.05, 3.63) is 29.3 Å². The fourth-order valence-corrected chi connectivity index (χ4v) is 2.65. The molecule has 0 spiro atoms. The maximum absolute atomic E-state index is 13.4. The minimum Gasteiger partial charge on any atom is -0.481 e. The van der Waals surface area contributed by atoms with E-state index in [0.717, 1.165) is 17.0 Å². The fraction of sp³-hybridized carbons (Fsp3) is 0.500. The van der Waals surface area contributed by atoms with Gasteiger partial charge in [-0.05, 0) is 38.8 Å². The smallest absolute Gasteiger partial charge is 0.418 e. The average Bonchev–Trinajstić information content (AvgIpc) is 2.42. The summed E-state index contributed by atoms with van der Waals surface area (Å²) in [6.07, 6.45) is -5.63. The van der Waals surface area contributed by atoms with Crippen molar-refractivity contribution in [1.82, 2.24) is 0 Å². The lowest BCUT2D eigenvalue weighted by Gasteiger charge is -2.35. The number of nitrogens with zero attached hydrogens (tertiary/aromatic N) is 1. The molecule has 1 heterocycles. The number of hydrogen-bond donors (Lipinski definition) is 1. The number of alkyl halides is 3. The molecule has 0 aliphatic carbocycles. The first kappa shape index (κ1) is 18.1. The normalized spacial score (nSPS) is 18.1. The lowest BCUT2D eigenvalue weighted by atomic mass is 9.88. The van der Waals surface area contributed by atoms with Crippen molar-refractivity contribution < 1.29 is 32.6 Å². The van der Waals surface area contributed by atoms with E-state index >= 15 is 0 Å². The molecular weight excluding hydrogens is 327 g/mol. The van der Waals surface area contributed by atoms with Crippen LogP contribution in [0.5, 0.6) is 0 Å². The van der Waals surface area contributed by atoms with Crippen molar-refractivity contribution in [1.29, 1.82) is 0 Å². The summed E-state index contributed by atoms with van der Waals surface area (Å²) in [7, 11) is 0. The Bertz CT molecular complexity index is 664. The SMILES string of the molecule is CC(C)(C)OC(=O)N1CCC(C(=O)O)c2cccc(C(F)(F)F)c21. The number of carbonyl (C=O) groups is 2. The minimum absolute atomic E-state index is 0.0168. The van der Waals surface area contributed by atoms with Crippen molar-refractivity contribution in [2.45, 2.75) is 44.9 Å². The van der Waals surface area contributed by atoms with Gasteiger partial charge in [-0.15, -0.1) is 0 Å². The van der Waals surface area contributed by atoms with Crippen LogP contribution in [0.3, 0.4) is 0 Å². The second-order valence-electron chi connectivity index (χ2n) is 6.55. The Balaban J connectivity index is 2.58. The standard InChI is InChI=1S/C16H18F3NO4/c1-15(2,3)24-14(23)20-8-7-10(13(21)22)9-5-4-6-11(12(9)20)16(17,18)19/h4-6,10H,7-8H2,1-3H3,(H,21,22). The molecule has 0 fully saturated rings. The fourth-order valence-electron chi connectivity index (χ4n) is 2.65. The molecule has 1 aromatic carbocycles. The Morgan fingerprint density at radius 1 is 1.25 bits per heavy atom. The first-order valence-electron chi connectivity index (χ1n) is 7.35. The molecule has 1 amide bonds. The summed E-state index contributed by atoms with van der Waals surface area (Å²) in [5, 5.41) is 9.27. The Morgan fingerprint density at radius 3 is 2.38 bits per heavy atom. The second-order valence-corrected chi connectivity index (χ2v) is 6.55. The molecule has 1 aromatic rings. The Labute approximate surface area is 137 Å². The third-order valence-electron chi connectivity index (χ3n) is 3.57. The van der Waals surface area contributed by atoms with Crippen molar-refractivity contribution in [3.8, 4) is 0 Å². The van der Waals surface area contributed by atoms with Gasteiger partial charge in [0.2, 0.25) is 0 Å². The first-order chi connectivity index (χ1) is 10.9. The molecule has 0 radical (unpaired) electrons. The summed E-state index contributed by atoms with van der Waals surface area (Å²) < 4.78 is 45.2. The van der Waals surface area contributed by atoms with E-state index < -0.39 is 41.0 Å². The Hall–Kier alpha value is -2.25. The average molecular weight is 345 g/mol. The van der Waals surface area contributed by atoms with E-state index in [-0.39, 0.29) is 18.5 Å². The molecule has 1 atom stereocenters. The van der Waals surface area contributed by atoms with E-state index in [1.165, 1.54) is 6.07 Å². The maximum atomic E-state index is 13.4. The molecule has 132 valence electrons. The van der Waals surface area contributed by atoms with Crippen LogP contribution >= 0.6 is 0 Å². The van der Waals surface area contributed by atoms with Crippen LogP contribution in [-0.4, -0.2) is 29.3 Å². The second kappa shape index (κ2) is 5.99. The van der Waals surface area contributed by atoms with Crippen molar-refractivity contribution >= 4 is 17.7 Å². The van der Waals surface area contributed by atoms with Gasteiger partial charge in [-0.25, -0.2) is 4.79 Å². The Kier molecular flexibility index (Phi) is 4.52. The van der Waals surface area contributed by atoms with E-state index in [4.69, 9.17) is 4.74 Å². The predicted molar refractivity (Wildman–Crippen MR) is 80.0 cm³/mol. The van der Waals surface area contributed by atoms with Gasteiger partial charge >= 0.3 is 18.2 Å². The molecule has 1 unspecified atom stereocenters. The van der Waals surface area contributed by atoms with Crippen molar-refractivity contribution in [3.63, 3.8) is 0 Å². The summed E-state index contributed by atoms with van der Waals surface area (Å²) in [6, 6.07) is 3.29. The van der Waals surface area contributed by atoms with Crippen LogP contribution in [0.2, 0.25) is 0 Å². The van der Waals surface area contributed by atoms with Gasteiger partial charge in [-0.1, -0.05) is 12.1 Å². The first-order valence-corrected chi connectivity index (χ1v) is 7.35. The number of carbonyl (C=O) groups excluding carboxylic acids is 1. The lowest BCUT2D eigenvalue weighted by Crippen LogP contribution is -2.42. The molecule has 0 saturated heterocycles. The van der Waals surface area contributed by atoms with Gasteiger partial charge in [0.25, 0.3) is 0 Å². The number of halogens is 3. The zero-order valence-corrected chi connectivity index (χ0v) is 13.5. The molecule has 1 aliphatic heterocycles. The summed E-state index contributed by atoms with van der Waals surface area (Å²) in [5.74, 6) is -2.32. The van der Waals surface area contributed by atoms with E-state index in [2.05, 4.69) is 0 Å². The number of amides is 1. The van der Waals surface area contributed by atoms with Crippen LogP contribution in [0, 0.1) is 0 Å². The molecule has 0 bridgehead atoms. The van der Waals surface area contributed by atoms with E-state index in [1.54, 1.807) is 20.8 Å². The highest BCUT2D eigenvalue weighted by Gasteiger charge is 2.42. The predicted octanol–water partition coefficient (Wildman–Crippen LogP) is 4.02. The highest BCUT2D eigenvalue weighted by atomic mass is 19.4. The highest BCUT2D eigenvalue weighted by molar-refractivity contribution is 5.93. The zero-order valence-electron chi connectivity index (χ0n) is 13.5. The molecule has 5 nitrogen and oxygen atoms in total. The number of benzene rings is 1. The zero-order chi connectivity index (χ0) is 18.3. The molecule has 2 rings (SSSR count). The number of fused-ring (bicyclic) bond motifs is 1. The molecule has 1 aliphatic rings. The number of ether oxygens (including phenoxy) is 1. The number of aliphatic carboxylic acids is 1. The number of anilines is 1. The van der Waals surface area contributed by atoms with Crippen LogP contribution in [-0.2, 0) is 15.7 Å². The van der Waals surface area contributed by atoms with E-state index in [0.29, 0.717) is 0 Å². The lowest BCUT2D eigenvalue weighted by molar-refractivity contribution is -0.140. The van der Waals surface area contributed by atoms with Crippen molar-refractivity contribution in [2.75, 3.05) is 11.4 Å². The largest absolute Gasteiger partial charge is 0.481 e. The van der Waals surface area contributed by atoms with Gasteiger partial charge < -0.3 is 9.84 Å². The topological polar surface area (TPSA) is 66.8 Å². The van der Waals surface area contributed by atoms with E-state index in [9.17, 15) is 27.9 Å². The molecular formula is C16H18F3NO4.